The van der Waals surface area contributed by atoms with Crippen LogP contribution in [0.3, 0.4) is 0 Å². The monoisotopic (exact) mass is 498 g/mol. The summed E-state index contributed by atoms with van der Waals surface area (Å²) in [6.07, 6.45) is 3.26. The Labute approximate surface area is 217 Å². The van der Waals surface area contributed by atoms with E-state index < -0.39 is 0 Å². The first-order valence-corrected chi connectivity index (χ1v) is 12.1. The van der Waals surface area contributed by atoms with Gasteiger partial charge in [0.1, 0.15) is 17.2 Å². The Morgan fingerprint density at radius 2 is 1.68 bits per heavy atom. The van der Waals surface area contributed by atoms with Crippen LogP contribution in [0.5, 0.6) is 17.2 Å². The number of methoxy groups -OCH3 is 2. The molecule has 8 heteroatoms. The number of nitrogens with zero attached hydrogens (tertiary/aromatic N) is 3. The van der Waals surface area contributed by atoms with Gasteiger partial charge in [0, 0.05) is 25.0 Å². The van der Waals surface area contributed by atoms with Crippen molar-refractivity contribution in [1.29, 1.82) is 5.26 Å². The molecular formula is C29H30N4O4. The maximum absolute atomic E-state index is 13.1. The molecule has 3 aromatic carbocycles. The molecule has 1 N–H and O–H groups in total. The van der Waals surface area contributed by atoms with Gasteiger partial charge in [-0.15, -0.1) is 4.99 Å². The maximum Gasteiger partial charge on any atom is 0.308 e. The van der Waals surface area contributed by atoms with E-state index in [0.717, 1.165) is 11.3 Å². The molecule has 0 unspecified atom stereocenters. The molecule has 37 heavy (non-hydrogen) atoms. The van der Waals surface area contributed by atoms with E-state index in [0.29, 0.717) is 49.5 Å². The number of benzene rings is 3. The molecule has 0 atom stereocenters. The van der Waals surface area contributed by atoms with Gasteiger partial charge in [0.15, 0.2) is 0 Å². The van der Waals surface area contributed by atoms with Gasteiger partial charge < -0.3 is 24.4 Å². The number of amides is 1. The summed E-state index contributed by atoms with van der Waals surface area (Å²) in [5, 5.41) is 12.4. The Kier molecular flexibility index (Phi) is 8.26. The van der Waals surface area contributed by atoms with Gasteiger partial charge in [-0.3, -0.25) is 4.79 Å². The molecule has 1 saturated heterocycles. The second-order valence-corrected chi connectivity index (χ2v) is 8.79. The first kappa shape index (κ1) is 25.6. The third kappa shape index (κ3) is 6.01. The Hall–Kier alpha value is -4.51. The highest BCUT2D eigenvalue weighted by Gasteiger charge is 2.38. The van der Waals surface area contributed by atoms with Crippen LogP contribution in [-0.4, -0.2) is 50.7 Å². The molecule has 3 aromatic rings. The van der Waals surface area contributed by atoms with E-state index in [4.69, 9.17) is 14.2 Å². The summed E-state index contributed by atoms with van der Waals surface area (Å²) in [4.78, 5) is 19.0. The van der Waals surface area contributed by atoms with E-state index in [1.165, 1.54) is 0 Å². The van der Waals surface area contributed by atoms with Gasteiger partial charge in [0.2, 0.25) is 6.19 Å². The molecule has 1 amide bonds. The average molecular weight is 499 g/mol. The van der Waals surface area contributed by atoms with Crippen molar-refractivity contribution in [3.05, 3.63) is 90.0 Å². The van der Waals surface area contributed by atoms with Gasteiger partial charge in [0.05, 0.1) is 19.8 Å². The van der Waals surface area contributed by atoms with Crippen molar-refractivity contribution in [3.8, 4) is 23.4 Å². The first-order chi connectivity index (χ1) is 18.1. The van der Waals surface area contributed by atoms with Crippen LogP contribution in [0.1, 0.15) is 28.8 Å². The largest absolute Gasteiger partial charge is 0.497 e. The number of aliphatic imine (C=N–C) groups is 1. The quantitative estimate of drug-likeness (QED) is 0.295. The number of nitriles is 1. The van der Waals surface area contributed by atoms with Gasteiger partial charge in [-0.2, -0.15) is 5.26 Å². The SMILES string of the molecule is COc1cccc(C2(CNC(=O)c3ccccc3OC)CCN(/C(=N/C#N)Oc3ccccc3)CC2)c1. The van der Waals surface area contributed by atoms with Crippen molar-refractivity contribution >= 4 is 11.9 Å². The van der Waals surface area contributed by atoms with Crippen LogP contribution in [0.15, 0.2) is 83.9 Å². The van der Waals surface area contributed by atoms with Crippen molar-refractivity contribution in [1.82, 2.24) is 10.2 Å². The molecule has 0 bridgehead atoms. The Morgan fingerprint density at radius 1 is 0.973 bits per heavy atom. The van der Waals surface area contributed by atoms with E-state index in [1.807, 2.05) is 71.8 Å². The van der Waals surface area contributed by atoms with Crippen LogP contribution in [-0.2, 0) is 5.41 Å². The highest BCUT2D eigenvalue weighted by atomic mass is 16.5. The number of piperidine rings is 1. The molecule has 1 aliphatic rings. The third-order valence-electron chi connectivity index (χ3n) is 6.71. The van der Waals surface area contributed by atoms with E-state index in [-0.39, 0.29) is 17.3 Å². The first-order valence-electron chi connectivity index (χ1n) is 12.1. The number of carbonyl (C=O) groups excluding carboxylic acids is 1. The molecule has 0 aromatic heterocycles. The zero-order valence-corrected chi connectivity index (χ0v) is 21.0. The van der Waals surface area contributed by atoms with E-state index in [9.17, 15) is 10.1 Å². The standard InChI is InChI=1S/C29H30N4O4/c1-35-24-12-8-9-22(19-24)29(20-31-27(34)25-13-6-7-14-26(25)36-2)15-17-33(18-16-29)28(32-21-30)37-23-10-4-3-5-11-23/h3-14,19H,15-18,20H2,1-2H3,(H,31,34)/b32-28-. The van der Waals surface area contributed by atoms with Crippen molar-refractivity contribution in [3.63, 3.8) is 0 Å². The second-order valence-electron chi connectivity index (χ2n) is 8.79. The summed E-state index contributed by atoms with van der Waals surface area (Å²) >= 11 is 0. The number of amidine groups is 1. The van der Waals surface area contributed by atoms with Crippen LogP contribution >= 0.6 is 0 Å². The Bertz CT molecular complexity index is 1280. The summed E-state index contributed by atoms with van der Waals surface area (Å²) in [6, 6.07) is 24.7. The molecular weight excluding hydrogens is 468 g/mol. The molecule has 4 rings (SSSR count). The predicted octanol–water partition coefficient (Wildman–Crippen LogP) is 4.38. The fraction of sp³-hybridized carbons (Fsp3) is 0.276. The van der Waals surface area contributed by atoms with E-state index in [2.05, 4.69) is 16.4 Å². The minimum Gasteiger partial charge on any atom is -0.497 e. The lowest BCUT2D eigenvalue weighted by Crippen LogP contribution is -2.51. The Balaban J connectivity index is 1.55. The minimum absolute atomic E-state index is 0.193. The lowest BCUT2D eigenvalue weighted by atomic mass is 9.72. The highest BCUT2D eigenvalue weighted by Crippen LogP contribution is 2.37. The van der Waals surface area contributed by atoms with Gasteiger partial charge in [-0.05, 0) is 54.8 Å². The van der Waals surface area contributed by atoms with Crippen LogP contribution in [0.4, 0.5) is 0 Å². The number of hydrogen-bond acceptors (Lipinski definition) is 6. The highest BCUT2D eigenvalue weighted by molar-refractivity contribution is 5.97. The van der Waals surface area contributed by atoms with Gasteiger partial charge >= 0.3 is 6.02 Å². The lowest BCUT2D eigenvalue weighted by molar-refractivity contribution is 0.0927. The third-order valence-corrected chi connectivity index (χ3v) is 6.71. The topological polar surface area (TPSA) is 96.2 Å². The van der Waals surface area contributed by atoms with Crippen LogP contribution in [0.25, 0.3) is 0 Å². The number of hydrogen-bond donors (Lipinski definition) is 1. The summed E-state index contributed by atoms with van der Waals surface area (Å²) in [5.41, 5.74) is 1.21. The van der Waals surface area contributed by atoms with E-state index in [1.54, 1.807) is 26.4 Å². The van der Waals surface area contributed by atoms with Crippen molar-refractivity contribution in [2.45, 2.75) is 18.3 Å². The molecule has 1 heterocycles. The Morgan fingerprint density at radius 3 is 2.38 bits per heavy atom. The fourth-order valence-electron chi connectivity index (χ4n) is 4.62. The number of likely N-dealkylation sites (tertiary alicyclic amines) is 1. The molecule has 1 aliphatic heterocycles. The molecule has 1 fully saturated rings. The number of nitrogens with one attached hydrogen (secondary N) is 1. The number of carbonyl (C=O) groups is 1. The second kappa shape index (κ2) is 12.0. The molecule has 0 saturated carbocycles. The van der Waals surface area contributed by atoms with Crippen LogP contribution in [0.2, 0.25) is 0 Å². The van der Waals surface area contributed by atoms with Gasteiger partial charge in [0.25, 0.3) is 5.91 Å². The zero-order chi connectivity index (χ0) is 26.1. The minimum atomic E-state index is -0.354. The fourth-order valence-corrected chi connectivity index (χ4v) is 4.62. The molecule has 0 aliphatic carbocycles. The normalized spacial score (nSPS) is 14.8. The number of rotatable bonds is 7. The van der Waals surface area contributed by atoms with E-state index >= 15 is 0 Å². The molecule has 0 spiro atoms. The predicted molar refractivity (Wildman–Crippen MR) is 141 cm³/mol. The summed E-state index contributed by atoms with van der Waals surface area (Å²) in [7, 11) is 3.20. The molecule has 190 valence electrons. The molecule has 0 radical (unpaired) electrons. The van der Waals surface area contributed by atoms with Crippen LogP contribution < -0.4 is 19.5 Å². The maximum atomic E-state index is 13.1. The lowest BCUT2D eigenvalue weighted by Gasteiger charge is -2.42. The summed E-state index contributed by atoms with van der Waals surface area (Å²) in [6.45, 7) is 1.61. The summed E-state index contributed by atoms with van der Waals surface area (Å²) in [5.74, 6) is 1.71. The average Bonchev–Trinajstić information content (AvgIpc) is 2.96. The van der Waals surface area contributed by atoms with Gasteiger partial charge in [-0.25, -0.2) is 0 Å². The van der Waals surface area contributed by atoms with Crippen molar-refractivity contribution in [2.24, 2.45) is 4.99 Å². The van der Waals surface area contributed by atoms with Gasteiger partial charge in [-0.1, -0.05) is 42.5 Å². The zero-order valence-electron chi connectivity index (χ0n) is 21.0. The molecule has 8 nitrogen and oxygen atoms in total. The van der Waals surface area contributed by atoms with Crippen LogP contribution in [0, 0.1) is 11.5 Å². The van der Waals surface area contributed by atoms with Crippen molar-refractivity contribution in [2.75, 3.05) is 33.9 Å². The summed E-state index contributed by atoms with van der Waals surface area (Å²) < 4.78 is 16.8. The number of ether oxygens (including phenoxy) is 3. The number of para-hydroxylation sites is 2. The smallest absolute Gasteiger partial charge is 0.308 e. The van der Waals surface area contributed by atoms with Crippen molar-refractivity contribution < 1.29 is 19.0 Å².